The van der Waals surface area contributed by atoms with Crippen LogP contribution >= 0.6 is 0 Å². The van der Waals surface area contributed by atoms with Gasteiger partial charge in [-0.3, -0.25) is 0 Å². The lowest BCUT2D eigenvalue weighted by Crippen LogP contribution is -2.38. The van der Waals surface area contributed by atoms with E-state index in [1.807, 2.05) is 0 Å². The van der Waals surface area contributed by atoms with Crippen molar-refractivity contribution in [2.45, 2.75) is 0 Å². The Kier molecular flexibility index (Phi) is 4.55. The smallest absolute Gasteiger partial charge is 0.0629 e. The van der Waals surface area contributed by atoms with Gasteiger partial charge in [-0.15, -0.1) is 0 Å². The van der Waals surface area contributed by atoms with Gasteiger partial charge < -0.3 is 20.1 Å². The maximum Gasteiger partial charge on any atom is 0.0629 e. The van der Waals surface area contributed by atoms with Crippen LogP contribution in [0.25, 0.3) is 0 Å². The molecule has 0 aliphatic heterocycles. The molecule has 0 rings (SSSR count). The van der Waals surface area contributed by atoms with Gasteiger partial charge in [-0.2, -0.15) is 0 Å². The lowest BCUT2D eigenvalue weighted by Gasteiger charge is -2.25. The first kappa shape index (κ1) is 9.84. The molecule has 0 aromatic rings. The van der Waals surface area contributed by atoms with Gasteiger partial charge in [0.25, 0.3) is 0 Å². The van der Waals surface area contributed by atoms with Crippen LogP contribution in [-0.4, -0.2) is 48.9 Å². The number of aliphatic hydroxyl groups is 3. The number of hydrogen-bond acceptors (Lipinski definition) is 4. The summed E-state index contributed by atoms with van der Waals surface area (Å²) in [6.45, 7) is -0.647. The highest BCUT2D eigenvalue weighted by Gasteiger charge is 2.27. The van der Waals surface area contributed by atoms with E-state index in [1.165, 1.54) is 7.11 Å². The summed E-state index contributed by atoms with van der Waals surface area (Å²) >= 11 is 0. The number of methoxy groups -OCH3 is 1. The minimum absolute atomic E-state index is 0.163. The summed E-state index contributed by atoms with van der Waals surface area (Å²) < 4.78 is 4.70. The molecule has 0 radical (unpaired) electrons. The summed E-state index contributed by atoms with van der Waals surface area (Å²) in [5.41, 5.74) is -0.880. The molecule has 0 aliphatic rings. The third-order valence-corrected chi connectivity index (χ3v) is 1.46. The van der Waals surface area contributed by atoms with Crippen LogP contribution in [0.2, 0.25) is 0 Å². The third kappa shape index (κ3) is 2.22. The first-order valence-corrected chi connectivity index (χ1v) is 3.06. The summed E-state index contributed by atoms with van der Waals surface area (Å²) in [4.78, 5) is 0. The maximum absolute atomic E-state index is 8.71. The van der Waals surface area contributed by atoms with Crippen molar-refractivity contribution in [1.29, 1.82) is 0 Å². The third-order valence-electron chi connectivity index (χ3n) is 1.46. The molecule has 0 spiro atoms. The van der Waals surface area contributed by atoms with Gasteiger partial charge in [0.15, 0.2) is 0 Å². The Morgan fingerprint density at radius 1 is 1.10 bits per heavy atom. The van der Waals surface area contributed by atoms with E-state index >= 15 is 0 Å². The Balaban J connectivity index is 3.87. The fourth-order valence-corrected chi connectivity index (χ4v) is 0.593. The molecule has 0 aromatic heterocycles. The number of ether oxygens (including phenoxy) is 1. The van der Waals surface area contributed by atoms with Gasteiger partial charge in [0.2, 0.25) is 0 Å². The van der Waals surface area contributed by atoms with E-state index in [0.29, 0.717) is 0 Å². The first-order chi connectivity index (χ1) is 4.74. The molecule has 4 nitrogen and oxygen atoms in total. The highest BCUT2D eigenvalue weighted by Crippen LogP contribution is 2.13. The fourth-order valence-electron chi connectivity index (χ4n) is 0.593. The van der Waals surface area contributed by atoms with Crippen molar-refractivity contribution in [1.82, 2.24) is 0 Å². The second-order valence-electron chi connectivity index (χ2n) is 2.41. The van der Waals surface area contributed by atoms with Gasteiger partial charge in [0.05, 0.1) is 31.8 Å². The predicted octanol–water partition coefficient (Wildman–Crippen LogP) is -1.40. The Labute approximate surface area is 60.1 Å². The minimum Gasteiger partial charge on any atom is -0.396 e. The Morgan fingerprint density at radius 2 is 1.50 bits per heavy atom. The van der Waals surface area contributed by atoms with Gasteiger partial charge in [0.1, 0.15) is 0 Å². The van der Waals surface area contributed by atoms with E-state index in [0.717, 1.165) is 0 Å². The van der Waals surface area contributed by atoms with Crippen LogP contribution in [0.15, 0.2) is 0 Å². The minimum atomic E-state index is -0.880. The topological polar surface area (TPSA) is 69.9 Å². The molecule has 0 amide bonds. The van der Waals surface area contributed by atoms with E-state index in [1.54, 1.807) is 0 Å². The van der Waals surface area contributed by atoms with Gasteiger partial charge in [-0.25, -0.2) is 0 Å². The van der Waals surface area contributed by atoms with Crippen molar-refractivity contribution >= 4 is 0 Å². The molecule has 0 heterocycles. The lowest BCUT2D eigenvalue weighted by molar-refractivity contribution is -0.0456. The molecule has 0 aliphatic carbocycles. The van der Waals surface area contributed by atoms with Gasteiger partial charge in [0, 0.05) is 7.11 Å². The maximum atomic E-state index is 8.71. The standard InChI is InChI=1S/C6H14O4/c1-10-5-6(2-7,3-8)4-9/h7-9H,2-5H2,1H3. The van der Waals surface area contributed by atoms with Gasteiger partial charge in [-0.05, 0) is 0 Å². The second-order valence-corrected chi connectivity index (χ2v) is 2.41. The molecule has 0 unspecified atom stereocenters. The van der Waals surface area contributed by atoms with Crippen molar-refractivity contribution in [3.8, 4) is 0 Å². The Bertz CT molecular complexity index is 71.6. The summed E-state index contributed by atoms with van der Waals surface area (Å²) in [6, 6.07) is 0. The van der Waals surface area contributed by atoms with Crippen molar-refractivity contribution in [3.05, 3.63) is 0 Å². The molecule has 0 saturated heterocycles. The second kappa shape index (κ2) is 4.62. The van der Waals surface area contributed by atoms with Crippen LogP contribution in [-0.2, 0) is 4.74 Å². The van der Waals surface area contributed by atoms with Crippen LogP contribution < -0.4 is 0 Å². The van der Waals surface area contributed by atoms with E-state index in [-0.39, 0.29) is 26.4 Å². The molecule has 0 aromatic carbocycles. The average Bonchev–Trinajstić information content (AvgIpc) is 2.01. The van der Waals surface area contributed by atoms with Crippen LogP contribution in [0.1, 0.15) is 0 Å². The van der Waals surface area contributed by atoms with Gasteiger partial charge >= 0.3 is 0 Å². The molecule has 10 heavy (non-hydrogen) atoms. The summed E-state index contributed by atoms with van der Waals surface area (Å²) in [6.07, 6.45) is 0. The molecule has 62 valence electrons. The average molecular weight is 150 g/mol. The van der Waals surface area contributed by atoms with Crippen LogP contribution in [0.5, 0.6) is 0 Å². The van der Waals surface area contributed by atoms with E-state index in [4.69, 9.17) is 20.1 Å². The van der Waals surface area contributed by atoms with Gasteiger partial charge in [-0.1, -0.05) is 0 Å². The van der Waals surface area contributed by atoms with Crippen LogP contribution in [0, 0.1) is 5.41 Å². The zero-order chi connectivity index (χ0) is 8.04. The Hall–Kier alpha value is -0.160. The van der Waals surface area contributed by atoms with Crippen molar-refractivity contribution in [2.75, 3.05) is 33.5 Å². The van der Waals surface area contributed by atoms with Crippen molar-refractivity contribution < 1.29 is 20.1 Å². The molecule has 3 N–H and O–H groups in total. The van der Waals surface area contributed by atoms with Crippen LogP contribution in [0.3, 0.4) is 0 Å². The largest absolute Gasteiger partial charge is 0.396 e. The highest BCUT2D eigenvalue weighted by molar-refractivity contribution is 4.75. The number of aliphatic hydroxyl groups excluding tert-OH is 3. The fraction of sp³-hybridized carbons (Fsp3) is 1.00. The monoisotopic (exact) mass is 150 g/mol. The Morgan fingerprint density at radius 3 is 1.60 bits per heavy atom. The predicted molar refractivity (Wildman–Crippen MR) is 35.6 cm³/mol. The molecule has 4 heteroatoms. The van der Waals surface area contributed by atoms with E-state index in [9.17, 15) is 0 Å². The zero-order valence-electron chi connectivity index (χ0n) is 6.08. The summed E-state index contributed by atoms with van der Waals surface area (Å²) in [5, 5.41) is 26.1. The zero-order valence-corrected chi connectivity index (χ0v) is 6.08. The first-order valence-electron chi connectivity index (χ1n) is 3.06. The SMILES string of the molecule is COCC(CO)(CO)CO. The van der Waals surface area contributed by atoms with E-state index < -0.39 is 5.41 Å². The number of rotatable bonds is 5. The molecule has 0 bridgehead atoms. The molecule has 0 fully saturated rings. The lowest BCUT2D eigenvalue weighted by atomic mass is 9.93. The number of hydrogen-bond donors (Lipinski definition) is 3. The van der Waals surface area contributed by atoms with E-state index in [2.05, 4.69) is 0 Å². The summed E-state index contributed by atoms with van der Waals surface area (Å²) in [7, 11) is 1.45. The molecular weight excluding hydrogens is 136 g/mol. The van der Waals surface area contributed by atoms with Crippen LogP contribution in [0.4, 0.5) is 0 Å². The summed E-state index contributed by atoms with van der Waals surface area (Å²) in [5.74, 6) is 0. The quantitative estimate of drug-likeness (QED) is 0.450. The van der Waals surface area contributed by atoms with Crippen molar-refractivity contribution in [3.63, 3.8) is 0 Å². The van der Waals surface area contributed by atoms with Crippen molar-refractivity contribution in [2.24, 2.45) is 5.41 Å². The highest BCUT2D eigenvalue weighted by atomic mass is 16.5. The molecule has 0 saturated carbocycles. The molecule has 0 atom stereocenters. The normalized spacial score (nSPS) is 12.0. The molecular formula is C6H14O4.